The average Bonchev–Trinajstić information content (AvgIpc) is 2.80. The van der Waals surface area contributed by atoms with Gasteiger partial charge < -0.3 is 4.90 Å². The largest absolute Gasteiger partial charge is 0.306 e. The standard InChI is InChI=1S/C13H16N4O/c1-16-6-2-3-10(8-16)12-4-5-13-14-7-11(9-18)17(13)15-12/h4-5,7,9-10H,2-3,6,8H2,1H3. The molecule has 0 amide bonds. The zero-order chi connectivity index (χ0) is 12.5. The van der Waals surface area contributed by atoms with E-state index in [9.17, 15) is 4.79 Å². The Bertz CT molecular complexity index is 577. The van der Waals surface area contributed by atoms with Crippen molar-refractivity contribution in [2.45, 2.75) is 18.8 Å². The maximum Gasteiger partial charge on any atom is 0.170 e. The van der Waals surface area contributed by atoms with Gasteiger partial charge in [-0.15, -0.1) is 0 Å². The van der Waals surface area contributed by atoms with Crippen molar-refractivity contribution in [3.8, 4) is 0 Å². The van der Waals surface area contributed by atoms with Gasteiger partial charge in [0, 0.05) is 12.5 Å². The minimum Gasteiger partial charge on any atom is -0.306 e. The Balaban J connectivity index is 1.98. The quantitative estimate of drug-likeness (QED) is 0.748. The second-order valence-corrected chi connectivity index (χ2v) is 4.93. The zero-order valence-electron chi connectivity index (χ0n) is 10.4. The van der Waals surface area contributed by atoms with Crippen molar-refractivity contribution in [1.29, 1.82) is 0 Å². The maximum atomic E-state index is 10.9. The molecular weight excluding hydrogens is 228 g/mol. The van der Waals surface area contributed by atoms with Crippen LogP contribution in [0.3, 0.4) is 0 Å². The molecule has 1 saturated heterocycles. The van der Waals surface area contributed by atoms with E-state index in [1.165, 1.54) is 6.42 Å². The molecule has 94 valence electrons. The second kappa shape index (κ2) is 4.49. The van der Waals surface area contributed by atoms with Gasteiger partial charge in [0.05, 0.1) is 11.9 Å². The van der Waals surface area contributed by atoms with E-state index in [-0.39, 0.29) is 0 Å². The predicted molar refractivity (Wildman–Crippen MR) is 67.8 cm³/mol. The van der Waals surface area contributed by atoms with Crippen molar-refractivity contribution >= 4 is 11.9 Å². The highest BCUT2D eigenvalue weighted by molar-refractivity contribution is 5.73. The van der Waals surface area contributed by atoms with Gasteiger partial charge in [-0.1, -0.05) is 0 Å². The number of carbonyl (C=O) groups excluding carboxylic acids is 1. The molecule has 1 aliphatic rings. The Kier molecular flexibility index (Phi) is 2.83. The summed E-state index contributed by atoms with van der Waals surface area (Å²) in [5.41, 5.74) is 2.29. The first kappa shape index (κ1) is 11.3. The molecule has 1 atom stereocenters. The molecule has 3 rings (SSSR count). The fourth-order valence-corrected chi connectivity index (χ4v) is 2.61. The maximum absolute atomic E-state index is 10.9. The summed E-state index contributed by atoms with van der Waals surface area (Å²) in [6.45, 7) is 2.19. The highest BCUT2D eigenvalue weighted by Crippen LogP contribution is 2.24. The van der Waals surface area contributed by atoms with Gasteiger partial charge in [-0.25, -0.2) is 9.50 Å². The third-order valence-corrected chi connectivity index (χ3v) is 3.57. The number of imidazole rings is 1. The average molecular weight is 244 g/mol. The molecule has 0 aromatic carbocycles. The van der Waals surface area contributed by atoms with E-state index in [2.05, 4.69) is 22.0 Å². The van der Waals surface area contributed by atoms with E-state index in [4.69, 9.17) is 0 Å². The van der Waals surface area contributed by atoms with Gasteiger partial charge in [0.25, 0.3) is 0 Å². The highest BCUT2D eigenvalue weighted by Gasteiger charge is 2.20. The molecule has 0 N–H and O–H groups in total. The van der Waals surface area contributed by atoms with Crippen LogP contribution < -0.4 is 0 Å². The number of hydrogen-bond donors (Lipinski definition) is 0. The van der Waals surface area contributed by atoms with Crippen LogP contribution in [0.5, 0.6) is 0 Å². The minimum absolute atomic E-state index is 0.454. The summed E-state index contributed by atoms with van der Waals surface area (Å²) in [6.07, 6.45) is 4.72. The van der Waals surface area contributed by atoms with Gasteiger partial charge in [0.2, 0.25) is 0 Å². The van der Waals surface area contributed by atoms with Gasteiger partial charge in [-0.3, -0.25) is 4.79 Å². The van der Waals surface area contributed by atoms with Gasteiger partial charge in [-0.2, -0.15) is 5.10 Å². The molecule has 1 fully saturated rings. The lowest BCUT2D eigenvalue weighted by atomic mass is 9.95. The fraction of sp³-hybridized carbons (Fsp3) is 0.462. The molecule has 1 unspecified atom stereocenters. The van der Waals surface area contributed by atoms with E-state index in [0.717, 1.165) is 37.1 Å². The summed E-state index contributed by atoms with van der Waals surface area (Å²) in [4.78, 5) is 17.4. The van der Waals surface area contributed by atoms with Crippen LogP contribution in [-0.4, -0.2) is 45.9 Å². The number of piperidine rings is 1. The number of aldehydes is 1. The number of rotatable bonds is 2. The van der Waals surface area contributed by atoms with Gasteiger partial charge in [0.15, 0.2) is 11.9 Å². The van der Waals surface area contributed by atoms with Crippen molar-refractivity contribution in [1.82, 2.24) is 19.5 Å². The molecule has 2 aromatic rings. The third-order valence-electron chi connectivity index (χ3n) is 3.57. The van der Waals surface area contributed by atoms with Crippen LogP contribution in [0.15, 0.2) is 18.3 Å². The molecule has 0 saturated carbocycles. The normalized spacial score (nSPS) is 21.3. The molecule has 2 aromatic heterocycles. The number of likely N-dealkylation sites (tertiary alicyclic amines) is 1. The Morgan fingerprint density at radius 2 is 2.33 bits per heavy atom. The van der Waals surface area contributed by atoms with Crippen LogP contribution in [0.4, 0.5) is 0 Å². The molecule has 0 aliphatic carbocycles. The number of fused-ring (bicyclic) bond motifs is 1. The molecule has 18 heavy (non-hydrogen) atoms. The number of nitrogens with zero attached hydrogens (tertiary/aromatic N) is 4. The monoisotopic (exact) mass is 244 g/mol. The van der Waals surface area contributed by atoms with Gasteiger partial charge in [-0.05, 0) is 38.6 Å². The molecule has 5 nitrogen and oxygen atoms in total. The Morgan fingerprint density at radius 3 is 3.11 bits per heavy atom. The van der Waals surface area contributed by atoms with Crippen LogP contribution in [0.25, 0.3) is 5.65 Å². The van der Waals surface area contributed by atoms with Crippen LogP contribution in [-0.2, 0) is 0 Å². The van der Waals surface area contributed by atoms with Gasteiger partial charge in [0.1, 0.15) is 5.69 Å². The first-order valence-corrected chi connectivity index (χ1v) is 6.26. The fourth-order valence-electron chi connectivity index (χ4n) is 2.61. The number of hydrogen-bond acceptors (Lipinski definition) is 4. The van der Waals surface area contributed by atoms with Gasteiger partial charge >= 0.3 is 0 Å². The predicted octanol–water partition coefficient (Wildman–Crippen LogP) is 1.35. The first-order valence-electron chi connectivity index (χ1n) is 6.26. The van der Waals surface area contributed by atoms with E-state index in [0.29, 0.717) is 11.6 Å². The van der Waals surface area contributed by atoms with Crippen molar-refractivity contribution in [2.75, 3.05) is 20.1 Å². The molecule has 1 aliphatic heterocycles. The topological polar surface area (TPSA) is 50.5 Å². The lowest BCUT2D eigenvalue weighted by molar-refractivity contribution is 0.111. The molecule has 0 bridgehead atoms. The highest BCUT2D eigenvalue weighted by atomic mass is 16.1. The zero-order valence-corrected chi connectivity index (χ0v) is 10.4. The number of aromatic nitrogens is 3. The van der Waals surface area contributed by atoms with Crippen LogP contribution >= 0.6 is 0 Å². The number of likely N-dealkylation sites (N-methyl/N-ethyl adjacent to an activating group) is 1. The summed E-state index contributed by atoms with van der Waals surface area (Å²) >= 11 is 0. The second-order valence-electron chi connectivity index (χ2n) is 4.93. The minimum atomic E-state index is 0.454. The SMILES string of the molecule is CN1CCCC(c2ccc3ncc(C=O)n3n2)C1. The molecule has 0 radical (unpaired) electrons. The van der Waals surface area contributed by atoms with Crippen molar-refractivity contribution in [3.05, 3.63) is 29.7 Å². The van der Waals surface area contributed by atoms with Crippen LogP contribution in [0.2, 0.25) is 0 Å². The Morgan fingerprint density at radius 1 is 1.44 bits per heavy atom. The van der Waals surface area contributed by atoms with E-state index in [1.807, 2.05) is 12.1 Å². The Labute approximate surface area is 105 Å². The Hall–Kier alpha value is -1.75. The lowest BCUT2D eigenvalue weighted by Gasteiger charge is -2.29. The summed E-state index contributed by atoms with van der Waals surface area (Å²) in [6, 6.07) is 3.96. The van der Waals surface area contributed by atoms with Crippen LogP contribution in [0.1, 0.15) is 34.9 Å². The first-order chi connectivity index (χ1) is 8.78. The summed E-state index contributed by atoms with van der Waals surface area (Å²) < 4.78 is 1.64. The molecule has 0 spiro atoms. The molecular formula is C13H16N4O. The summed E-state index contributed by atoms with van der Waals surface area (Å²) in [5.74, 6) is 0.454. The molecule has 3 heterocycles. The van der Waals surface area contributed by atoms with Crippen molar-refractivity contribution in [2.24, 2.45) is 0 Å². The lowest BCUT2D eigenvalue weighted by Crippen LogP contribution is -2.31. The van der Waals surface area contributed by atoms with E-state index < -0.39 is 0 Å². The number of carbonyl (C=O) groups is 1. The van der Waals surface area contributed by atoms with Crippen LogP contribution in [0, 0.1) is 0 Å². The summed E-state index contributed by atoms with van der Waals surface area (Å²) in [5, 5.41) is 4.56. The van der Waals surface area contributed by atoms with Crippen molar-refractivity contribution < 1.29 is 4.79 Å². The van der Waals surface area contributed by atoms with E-state index >= 15 is 0 Å². The van der Waals surface area contributed by atoms with E-state index in [1.54, 1.807) is 10.7 Å². The molecule has 5 heteroatoms. The summed E-state index contributed by atoms with van der Waals surface area (Å²) in [7, 11) is 2.14. The van der Waals surface area contributed by atoms with Crippen molar-refractivity contribution in [3.63, 3.8) is 0 Å². The third kappa shape index (κ3) is 1.90. The smallest absolute Gasteiger partial charge is 0.170 e.